The van der Waals surface area contributed by atoms with Crippen molar-refractivity contribution in [2.75, 3.05) is 13.2 Å². The van der Waals surface area contributed by atoms with E-state index in [1.807, 2.05) is 50.2 Å². The second kappa shape index (κ2) is 12.2. The van der Waals surface area contributed by atoms with Crippen LogP contribution in [0.15, 0.2) is 61.2 Å². The van der Waals surface area contributed by atoms with Crippen LogP contribution in [0.25, 0.3) is 11.1 Å². The summed E-state index contributed by atoms with van der Waals surface area (Å²) in [7, 11) is 0. The van der Waals surface area contributed by atoms with E-state index in [-0.39, 0.29) is 43.2 Å². The topological polar surface area (TPSA) is 105 Å². The Labute approximate surface area is 206 Å². The predicted octanol–water partition coefficient (Wildman–Crippen LogP) is 4.72. The molecule has 2 unspecified atom stereocenters. The maximum atomic E-state index is 12.8. The number of alkyl carbamates (subject to hydrolysis) is 1. The van der Waals surface area contributed by atoms with Gasteiger partial charge in [0.05, 0.1) is 6.42 Å². The first-order valence-corrected chi connectivity index (χ1v) is 12.0. The molecule has 3 N–H and O–H groups in total. The molecule has 0 aliphatic heterocycles. The van der Waals surface area contributed by atoms with Crippen LogP contribution in [-0.4, -0.2) is 42.3 Å². The van der Waals surface area contributed by atoms with E-state index < -0.39 is 18.1 Å². The molecule has 1 aliphatic rings. The summed E-state index contributed by atoms with van der Waals surface area (Å²) in [6.45, 7) is 7.91. The van der Waals surface area contributed by atoms with Crippen molar-refractivity contribution in [2.45, 2.75) is 45.1 Å². The van der Waals surface area contributed by atoms with E-state index in [1.165, 1.54) is 0 Å². The molecule has 2 amide bonds. The number of hydrogen-bond donors (Lipinski definition) is 3. The number of ether oxygens (including phenoxy) is 1. The summed E-state index contributed by atoms with van der Waals surface area (Å²) < 4.78 is 5.58. The number of benzene rings is 2. The monoisotopic (exact) mass is 478 g/mol. The Morgan fingerprint density at radius 3 is 2.20 bits per heavy atom. The number of aliphatic carboxylic acids is 1. The smallest absolute Gasteiger partial charge is 0.407 e. The van der Waals surface area contributed by atoms with Crippen LogP contribution in [-0.2, 0) is 14.3 Å². The molecule has 0 bridgehead atoms. The third kappa shape index (κ3) is 6.72. The molecular formula is C28H34N2O5. The first kappa shape index (κ1) is 26.0. The first-order valence-electron chi connectivity index (χ1n) is 12.0. The lowest BCUT2D eigenvalue weighted by molar-refractivity contribution is -0.138. The Bertz CT molecular complexity index is 1020. The standard InChI is InChI=1S/C28H34N2O5/c1-4-5-14-25(27(33)29-16-19(18(2)3)15-26(31)32)30-28(34)35-17-24-22-12-8-6-10-20(22)21-11-7-9-13-23(21)24/h4,6-13,18-19,24-25H,1,5,14-17H2,2-3H3,(H,29,33)(H,30,34)(H,31,32). The highest BCUT2D eigenvalue weighted by atomic mass is 16.5. The van der Waals surface area contributed by atoms with Gasteiger partial charge in [0.25, 0.3) is 0 Å². The van der Waals surface area contributed by atoms with Crippen molar-refractivity contribution >= 4 is 18.0 Å². The molecule has 0 radical (unpaired) electrons. The third-order valence-corrected chi connectivity index (χ3v) is 6.53. The molecule has 2 aromatic rings. The number of allylic oxidation sites excluding steroid dienone is 1. The zero-order chi connectivity index (χ0) is 25.4. The second-order valence-electron chi connectivity index (χ2n) is 9.24. The maximum Gasteiger partial charge on any atom is 0.407 e. The predicted molar refractivity (Wildman–Crippen MR) is 135 cm³/mol. The zero-order valence-electron chi connectivity index (χ0n) is 20.3. The highest BCUT2D eigenvalue weighted by Gasteiger charge is 2.30. The minimum Gasteiger partial charge on any atom is -0.481 e. The number of carboxylic acid groups (broad SMARTS) is 1. The summed E-state index contributed by atoms with van der Waals surface area (Å²) in [6.07, 6.45) is 1.88. The van der Waals surface area contributed by atoms with Gasteiger partial charge in [0.2, 0.25) is 5.91 Å². The Kier molecular flexibility index (Phi) is 9.06. The van der Waals surface area contributed by atoms with Gasteiger partial charge in [-0.2, -0.15) is 0 Å². The SMILES string of the molecule is C=CCCC(NC(=O)OCC1c2ccccc2-c2ccccc21)C(=O)NCC(CC(=O)O)C(C)C. The van der Waals surface area contributed by atoms with Gasteiger partial charge in [-0.3, -0.25) is 9.59 Å². The average molecular weight is 479 g/mol. The fourth-order valence-electron chi connectivity index (χ4n) is 4.46. The van der Waals surface area contributed by atoms with Gasteiger partial charge in [0.1, 0.15) is 12.6 Å². The average Bonchev–Trinajstić information content (AvgIpc) is 3.16. The Morgan fingerprint density at radius 1 is 1.06 bits per heavy atom. The van der Waals surface area contributed by atoms with Crippen molar-refractivity contribution in [1.82, 2.24) is 10.6 Å². The fourth-order valence-corrected chi connectivity index (χ4v) is 4.46. The van der Waals surface area contributed by atoms with Crippen molar-refractivity contribution in [1.29, 1.82) is 0 Å². The lowest BCUT2D eigenvalue weighted by Gasteiger charge is -2.23. The molecule has 2 aromatic carbocycles. The minimum atomic E-state index is -0.905. The quantitative estimate of drug-likeness (QED) is 0.383. The summed E-state index contributed by atoms with van der Waals surface area (Å²) in [4.78, 5) is 36.6. The number of nitrogens with one attached hydrogen (secondary N) is 2. The molecule has 1 aliphatic carbocycles. The third-order valence-electron chi connectivity index (χ3n) is 6.53. The zero-order valence-corrected chi connectivity index (χ0v) is 20.3. The summed E-state index contributed by atoms with van der Waals surface area (Å²) in [5.74, 6) is -1.45. The van der Waals surface area contributed by atoms with Crippen LogP contribution in [0.5, 0.6) is 0 Å². The van der Waals surface area contributed by atoms with Crippen LogP contribution >= 0.6 is 0 Å². The van der Waals surface area contributed by atoms with Gasteiger partial charge < -0.3 is 20.5 Å². The number of fused-ring (bicyclic) bond motifs is 3. The van der Waals surface area contributed by atoms with Crippen LogP contribution < -0.4 is 10.6 Å². The van der Waals surface area contributed by atoms with E-state index in [4.69, 9.17) is 9.84 Å². The molecule has 7 heteroatoms. The van der Waals surface area contributed by atoms with Gasteiger partial charge >= 0.3 is 12.1 Å². The Hall–Kier alpha value is -3.61. The number of hydrogen-bond acceptors (Lipinski definition) is 4. The summed E-state index contributed by atoms with van der Waals surface area (Å²) >= 11 is 0. The molecule has 2 atom stereocenters. The number of carbonyl (C=O) groups excluding carboxylic acids is 2. The number of carbonyl (C=O) groups is 3. The summed E-state index contributed by atoms with van der Waals surface area (Å²) in [5.41, 5.74) is 4.50. The van der Waals surface area contributed by atoms with E-state index >= 15 is 0 Å². The van der Waals surface area contributed by atoms with E-state index in [0.29, 0.717) is 12.8 Å². The second-order valence-corrected chi connectivity index (χ2v) is 9.24. The van der Waals surface area contributed by atoms with Crippen molar-refractivity contribution in [3.8, 4) is 11.1 Å². The van der Waals surface area contributed by atoms with Crippen molar-refractivity contribution in [3.05, 3.63) is 72.3 Å². The maximum absolute atomic E-state index is 12.8. The highest BCUT2D eigenvalue weighted by molar-refractivity contribution is 5.85. The highest BCUT2D eigenvalue weighted by Crippen LogP contribution is 2.44. The molecule has 0 aromatic heterocycles. The molecule has 3 rings (SSSR count). The largest absolute Gasteiger partial charge is 0.481 e. The van der Waals surface area contributed by atoms with E-state index in [2.05, 4.69) is 29.3 Å². The van der Waals surface area contributed by atoms with Crippen molar-refractivity contribution in [2.24, 2.45) is 11.8 Å². The molecule has 186 valence electrons. The molecule has 35 heavy (non-hydrogen) atoms. The Morgan fingerprint density at radius 2 is 1.66 bits per heavy atom. The van der Waals surface area contributed by atoms with Gasteiger partial charge in [0, 0.05) is 12.5 Å². The van der Waals surface area contributed by atoms with Crippen LogP contribution in [0.2, 0.25) is 0 Å². The lowest BCUT2D eigenvalue weighted by atomic mass is 9.92. The number of carboxylic acids is 1. The number of rotatable bonds is 12. The van der Waals surface area contributed by atoms with Crippen molar-refractivity contribution < 1.29 is 24.2 Å². The lowest BCUT2D eigenvalue weighted by Crippen LogP contribution is -2.48. The van der Waals surface area contributed by atoms with Gasteiger partial charge in [-0.25, -0.2) is 4.79 Å². The first-order chi connectivity index (χ1) is 16.8. The fraction of sp³-hybridized carbons (Fsp3) is 0.393. The number of amides is 2. The van der Waals surface area contributed by atoms with Gasteiger partial charge in [-0.15, -0.1) is 6.58 Å². The van der Waals surface area contributed by atoms with Crippen LogP contribution in [0, 0.1) is 11.8 Å². The summed E-state index contributed by atoms with van der Waals surface area (Å²) in [6, 6.07) is 15.4. The normalized spacial score (nSPS) is 13.9. The Balaban J connectivity index is 1.61. The molecular weight excluding hydrogens is 444 g/mol. The van der Waals surface area contributed by atoms with Gasteiger partial charge in [-0.1, -0.05) is 68.5 Å². The van der Waals surface area contributed by atoms with E-state index in [9.17, 15) is 14.4 Å². The molecule has 0 fully saturated rings. The molecule has 0 spiro atoms. The van der Waals surface area contributed by atoms with Crippen LogP contribution in [0.3, 0.4) is 0 Å². The molecule has 0 saturated heterocycles. The van der Waals surface area contributed by atoms with E-state index in [0.717, 1.165) is 22.3 Å². The minimum absolute atomic E-state index is 0.0327. The van der Waals surface area contributed by atoms with Gasteiger partial charge in [0.15, 0.2) is 0 Å². The van der Waals surface area contributed by atoms with E-state index in [1.54, 1.807) is 6.08 Å². The van der Waals surface area contributed by atoms with Crippen LogP contribution in [0.1, 0.15) is 50.2 Å². The van der Waals surface area contributed by atoms with Gasteiger partial charge in [-0.05, 0) is 46.9 Å². The summed E-state index contributed by atoms with van der Waals surface area (Å²) in [5, 5.41) is 14.6. The van der Waals surface area contributed by atoms with Crippen LogP contribution in [0.4, 0.5) is 4.79 Å². The molecule has 0 heterocycles. The molecule has 0 saturated carbocycles. The molecule has 7 nitrogen and oxygen atoms in total. The van der Waals surface area contributed by atoms with Crippen molar-refractivity contribution in [3.63, 3.8) is 0 Å².